The molecule has 0 atom stereocenters. The van der Waals surface area contributed by atoms with Crippen LogP contribution in [0.25, 0.3) is 0 Å². The number of nitriles is 1. The minimum atomic E-state index is -0.714. The first-order valence-electron chi connectivity index (χ1n) is 7.09. The lowest BCUT2D eigenvalue weighted by atomic mass is 9.71. The van der Waals surface area contributed by atoms with Crippen LogP contribution in [-0.4, -0.2) is 17.6 Å². The molecular weight excluding hydrogens is 252 g/mol. The number of anilines is 1. The zero-order valence-electron chi connectivity index (χ0n) is 11.6. The average Bonchev–Trinajstić information content (AvgIpc) is 2.46. The Bertz CT molecular complexity index is 496. The summed E-state index contributed by atoms with van der Waals surface area (Å²) in [6, 6.07) is 9.37. The smallest absolute Gasteiger partial charge is 0.303 e. The van der Waals surface area contributed by atoms with Crippen molar-refractivity contribution in [3.8, 4) is 6.07 Å². The molecule has 1 aliphatic rings. The Morgan fingerprint density at radius 2 is 1.90 bits per heavy atom. The van der Waals surface area contributed by atoms with Gasteiger partial charge in [0, 0.05) is 12.2 Å². The molecule has 1 aromatic rings. The minimum Gasteiger partial charge on any atom is -0.481 e. The molecule has 106 valence electrons. The second kappa shape index (κ2) is 6.42. The van der Waals surface area contributed by atoms with Crippen molar-refractivity contribution >= 4 is 11.7 Å². The summed E-state index contributed by atoms with van der Waals surface area (Å²) in [6.45, 7) is 0.686. The summed E-state index contributed by atoms with van der Waals surface area (Å²) in [7, 11) is 0. The van der Waals surface area contributed by atoms with E-state index in [0.717, 1.165) is 31.4 Å². The number of nitrogens with one attached hydrogen (secondary N) is 1. The van der Waals surface area contributed by atoms with Crippen LogP contribution in [0.4, 0.5) is 5.69 Å². The van der Waals surface area contributed by atoms with Gasteiger partial charge in [-0.1, -0.05) is 19.3 Å². The van der Waals surface area contributed by atoms with Gasteiger partial charge in [0.2, 0.25) is 0 Å². The third-order valence-corrected chi connectivity index (χ3v) is 4.12. The Kier molecular flexibility index (Phi) is 4.62. The zero-order valence-corrected chi connectivity index (χ0v) is 11.6. The maximum Gasteiger partial charge on any atom is 0.303 e. The van der Waals surface area contributed by atoms with Gasteiger partial charge in [0.1, 0.15) is 0 Å². The molecule has 0 aliphatic heterocycles. The van der Waals surface area contributed by atoms with Gasteiger partial charge < -0.3 is 10.4 Å². The molecule has 4 nitrogen and oxygen atoms in total. The molecule has 0 bridgehead atoms. The molecule has 0 radical (unpaired) electrons. The Hall–Kier alpha value is -2.02. The fourth-order valence-electron chi connectivity index (χ4n) is 2.99. The van der Waals surface area contributed by atoms with Crippen LogP contribution >= 0.6 is 0 Å². The number of carboxylic acids is 1. The van der Waals surface area contributed by atoms with Crippen LogP contribution in [0.5, 0.6) is 0 Å². The van der Waals surface area contributed by atoms with Crippen molar-refractivity contribution < 1.29 is 9.90 Å². The zero-order chi connectivity index (χ0) is 14.4. The standard InChI is InChI=1S/C16H20N2O2/c17-11-13-4-6-14(7-5-13)18-12-16(10-15(19)20)8-2-1-3-9-16/h4-7,18H,1-3,8-10,12H2,(H,19,20). The van der Waals surface area contributed by atoms with E-state index >= 15 is 0 Å². The van der Waals surface area contributed by atoms with Gasteiger partial charge in [0.05, 0.1) is 18.1 Å². The van der Waals surface area contributed by atoms with Gasteiger partial charge in [-0.25, -0.2) is 0 Å². The first-order chi connectivity index (χ1) is 9.63. The summed E-state index contributed by atoms with van der Waals surface area (Å²) in [5, 5.41) is 21.2. The van der Waals surface area contributed by atoms with E-state index in [9.17, 15) is 4.79 Å². The van der Waals surface area contributed by atoms with Crippen molar-refractivity contribution in [3.05, 3.63) is 29.8 Å². The second-order valence-corrected chi connectivity index (χ2v) is 5.67. The van der Waals surface area contributed by atoms with Crippen molar-refractivity contribution in [2.45, 2.75) is 38.5 Å². The molecule has 1 aliphatic carbocycles. The molecule has 0 spiro atoms. The van der Waals surface area contributed by atoms with E-state index in [1.165, 1.54) is 6.42 Å². The molecule has 0 heterocycles. The van der Waals surface area contributed by atoms with E-state index < -0.39 is 5.97 Å². The van der Waals surface area contributed by atoms with Crippen molar-refractivity contribution in [1.29, 1.82) is 5.26 Å². The normalized spacial score (nSPS) is 17.1. The van der Waals surface area contributed by atoms with Crippen molar-refractivity contribution in [2.24, 2.45) is 5.41 Å². The monoisotopic (exact) mass is 272 g/mol. The lowest BCUT2D eigenvalue weighted by Crippen LogP contribution is -2.34. The minimum absolute atomic E-state index is 0.127. The Balaban J connectivity index is 2.00. The van der Waals surface area contributed by atoms with Crippen LogP contribution in [0, 0.1) is 16.7 Å². The van der Waals surface area contributed by atoms with Gasteiger partial charge >= 0.3 is 5.97 Å². The summed E-state index contributed by atoms with van der Waals surface area (Å²) < 4.78 is 0. The van der Waals surface area contributed by atoms with Crippen LogP contribution in [0.15, 0.2) is 24.3 Å². The lowest BCUT2D eigenvalue weighted by molar-refractivity contribution is -0.140. The number of hydrogen-bond donors (Lipinski definition) is 2. The average molecular weight is 272 g/mol. The van der Waals surface area contributed by atoms with E-state index in [-0.39, 0.29) is 11.8 Å². The highest BCUT2D eigenvalue weighted by molar-refractivity contribution is 5.68. The molecule has 1 saturated carbocycles. The van der Waals surface area contributed by atoms with E-state index in [1.807, 2.05) is 12.1 Å². The summed E-state index contributed by atoms with van der Waals surface area (Å²) in [4.78, 5) is 11.1. The summed E-state index contributed by atoms with van der Waals surface area (Å²) in [6.07, 6.45) is 5.62. The molecule has 2 rings (SSSR count). The quantitative estimate of drug-likeness (QED) is 0.861. The fraction of sp³-hybridized carbons (Fsp3) is 0.500. The maximum absolute atomic E-state index is 11.1. The second-order valence-electron chi connectivity index (χ2n) is 5.67. The third kappa shape index (κ3) is 3.74. The molecular formula is C16H20N2O2. The van der Waals surface area contributed by atoms with Crippen LogP contribution in [-0.2, 0) is 4.79 Å². The van der Waals surface area contributed by atoms with Crippen molar-refractivity contribution in [1.82, 2.24) is 0 Å². The summed E-state index contributed by atoms with van der Waals surface area (Å²) >= 11 is 0. The number of nitrogens with zero attached hydrogens (tertiary/aromatic N) is 1. The molecule has 20 heavy (non-hydrogen) atoms. The van der Waals surface area contributed by atoms with E-state index in [2.05, 4.69) is 11.4 Å². The number of benzene rings is 1. The third-order valence-electron chi connectivity index (χ3n) is 4.12. The molecule has 2 N–H and O–H groups in total. The Labute approximate surface area is 119 Å². The molecule has 1 fully saturated rings. The number of carbonyl (C=O) groups is 1. The fourth-order valence-corrected chi connectivity index (χ4v) is 2.99. The van der Waals surface area contributed by atoms with Gasteiger partial charge in [0.15, 0.2) is 0 Å². The highest BCUT2D eigenvalue weighted by Gasteiger charge is 2.34. The molecule has 4 heteroatoms. The molecule has 0 saturated heterocycles. The maximum atomic E-state index is 11.1. The number of hydrogen-bond acceptors (Lipinski definition) is 3. The Morgan fingerprint density at radius 1 is 1.25 bits per heavy atom. The topological polar surface area (TPSA) is 73.1 Å². The van der Waals surface area contributed by atoms with Crippen molar-refractivity contribution in [3.63, 3.8) is 0 Å². The first-order valence-corrected chi connectivity index (χ1v) is 7.09. The molecule has 0 unspecified atom stereocenters. The van der Waals surface area contributed by atoms with Crippen LogP contribution in [0.2, 0.25) is 0 Å². The summed E-state index contributed by atoms with van der Waals surface area (Å²) in [5.41, 5.74) is 1.45. The highest BCUT2D eigenvalue weighted by Crippen LogP contribution is 2.39. The number of aliphatic carboxylic acids is 1. The van der Waals surface area contributed by atoms with Crippen molar-refractivity contribution in [2.75, 3.05) is 11.9 Å². The summed E-state index contributed by atoms with van der Waals surface area (Å²) in [5.74, 6) is -0.714. The van der Waals surface area contributed by atoms with Gasteiger partial charge in [-0.2, -0.15) is 5.26 Å². The van der Waals surface area contributed by atoms with Crippen LogP contribution < -0.4 is 5.32 Å². The molecule has 1 aromatic carbocycles. The number of rotatable bonds is 5. The van der Waals surface area contributed by atoms with Gasteiger partial charge in [0.25, 0.3) is 0 Å². The SMILES string of the molecule is N#Cc1ccc(NCC2(CC(=O)O)CCCCC2)cc1. The van der Waals surface area contributed by atoms with Gasteiger partial charge in [-0.3, -0.25) is 4.79 Å². The van der Waals surface area contributed by atoms with E-state index in [0.29, 0.717) is 12.1 Å². The largest absolute Gasteiger partial charge is 0.481 e. The highest BCUT2D eigenvalue weighted by atomic mass is 16.4. The predicted molar refractivity (Wildman–Crippen MR) is 77.4 cm³/mol. The van der Waals surface area contributed by atoms with Gasteiger partial charge in [-0.15, -0.1) is 0 Å². The lowest BCUT2D eigenvalue weighted by Gasteiger charge is -2.36. The van der Waals surface area contributed by atoms with E-state index in [4.69, 9.17) is 10.4 Å². The first kappa shape index (κ1) is 14.4. The van der Waals surface area contributed by atoms with Gasteiger partial charge in [-0.05, 0) is 42.5 Å². The van der Waals surface area contributed by atoms with Crippen LogP contribution in [0.1, 0.15) is 44.1 Å². The Morgan fingerprint density at radius 3 is 2.45 bits per heavy atom. The van der Waals surface area contributed by atoms with E-state index in [1.54, 1.807) is 12.1 Å². The van der Waals surface area contributed by atoms with Crippen LogP contribution in [0.3, 0.4) is 0 Å². The molecule has 0 amide bonds. The number of carboxylic acid groups (broad SMARTS) is 1. The predicted octanol–water partition coefficient (Wildman–Crippen LogP) is 3.40. The molecule has 0 aromatic heterocycles.